The van der Waals surface area contributed by atoms with E-state index in [1.165, 1.54) is 44.9 Å². The zero-order valence-electron chi connectivity index (χ0n) is 11.8. The minimum absolute atomic E-state index is 0.236. The number of carbonyl (C=O) groups is 1. The first-order valence-corrected chi connectivity index (χ1v) is 7.77. The quantitative estimate of drug-likeness (QED) is 0.819. The normalized spacial score (nSPS) is 24.6. The van der Waals surface area contributed by atoms with Gasteiger partial charge in [-0.05, 0) is 25.7 Å². The Morgan fingerprint density at radius 1 is 0.889 bits per heavy atom. The van der Waals surface area contributed by atoms with Crippen molar-refractivity contribution in [3.05, 3.63) is 0 Å². The Kier molecular flexibility index (Phi) is 5.48. The fourth-order valence-corrected chi connectivity index (χ4v) is 3.32. The summed E-state index contributed by atoms with van der Waals surface area (Å²) in [5, 5.41) is 3.85. The number of rotatable bonds is 2. The van der Waals surface area contributed by atoms with Crippen molar-refractivity contribution in [1.82, 2.24) is 10.2 Å². The maximum Gasteiger partial charge on any atom is 0.219 e. The van der Waals surface area contributed by atoms with Crippen molar-refractivity contribution < 1.29 is 4.79 Å². The molecule has 0 radical (unpaired) electrons. The molecule has 3 nitrogen and oxygen atoms in total. The molecule has 0 spiro atoms. The summed E-state index contributed by atoms with van der Waals surface area (Å²) in [4.78, 5) is 13.3. The van der Waals surface area contributed by atoms with Crippen LogP contribution in [0.2, 0.25) is 0 Å². The van der Waals surface area contributed by atoms with Gasteiger partial charge in [-0.2, -0.15) is 0 Å². The van der Waals surface area contributed by atoms with Crippen LogP contribution in [0.15, 0.2) is 0 Å². The second-order valence-electron chi connectivity index (χ2n) is 5.99. The van der Waals surface area contributed by atoms with Crippen molar-refractivity contribution in [2.24, 2.45) is 0 Å². The summed E-state index contributed by atoms with van der Waals surface area (Å²) in [5.74, 6) is 0.236. The van der Waals surface area contributed by atoms with Gasteiger partial charge in [0, 0.05) is 32.1 Å². The number of nitrogens with zero attached hydrogens (tertiary/aromatic N) is 1. The van der Waals surface area contributed by atoms with Crippen LogP contribution in [0, 0.1) is 0 Å². The Balaban J connectivity index is 1.71. The van der Waals surface area contributed by atoms with Gasteiger partial charge in [0.25, 0.3) is 0 Å². The highest BCUT2D eigenvalue weighted by atomic mass is 16.2. The van der Waals surface area contributed by atoms with Crippen molar-refractivity contribution in [2.75, 3.05) is 13.1 Å². The third-order valence-corrected chi connectivity index (χ3v) is 4.52. The standard InChI is InChI=1S/C15H28N2O/c1-13(18)17-11-9-15(10-12-17)16-14-7-5-3-2-4-6-8-14/h14-16H,2-12H2,1H3. The molecule has 2 aliphatic rings. The third kappa shape index (κ3) is 4.27. The molecule has 104 valence electrons. The first kappa shape index (κ1) is 13.9. The smallest absolute Gasteiger partial charge is 0.219 e. The zero-order valence-corrected chi connectivity index (χ0v) is 11.8. The molecular weight excluding hydrogens is 224 g/mol. The average molecular weight is 252 g/mol. The van der Waals surface area contributed by atoms with Gasteiger partial charge in [-0.3, -0.25) is 4.79 Å². The van der Waals surface area contributed by atoms with Crippen LogP contribution in [0.5, 0.6) is 0 Å². The number of hydrogen-bond acceptors (Lipinski definition) is 2. The van der Waals surface area contributed by atoms with Gasteiger partial charge in [-0.15, -0.1) is 0 Å². The summed E-state index contributed by atoms with van der Waals surface area (Å²) in [7, 11) is 0. The molecule has 0 aromatic carbocycles. The lowest BCUT2D eigenvalue weighted by molar-refractivity contribution is -0.129. The van der Waals surface area contributed by atoms with Gasteiger partial charge in [-0.1, -0.05) is 32.1 Å². The van der Waals surface area contributed by atoms with Gasteiger partial charge in [0.1, 0.15) is 0 Å². The first-order chi connectivity index (χ1) is 8.75. The second kappa shape index (κ2) is 7.13. The highest BCUT2D eigenvalue weighted by molar-refractivity contribution is 5.73. The number of hydrogen-bond donors (Lipinski definition) is 1. The lowest BCUT2D eigenvalue weighted by atomic mass is 9.95. The molecule has 1 aliphatic heterocycles. The Morgan fingerprint density at radius 2 is 1.39 bits per heavy atom. The van der Waals surface area contributed by atoms with Crippen molar-refractivity contribution in [1.29, 1.82) is 0 Å². The number of nitrogens with one attached hydrogen (secondary N) is 1. The van der Waals surface area contributed by atoms with E-state index in [2.05, 4.69) is 5.32 Å². The van der Waals surface area contributed by atoms with Gasteiger partial charge in [0.2, 0.25) is 5.91 Å². The number of piperidine rings is 1. The summed E-state index contributed by atoms with van der Waals surface area (Å²) < 4.78 is 0. The van der Waals surface area contributed by atoms with Crippen LogP contribution in [-0.4, -0.2) is 36.0 Å². The van der Waals surface area contributed by atoms with Crippen LogP contribution in [0.3, 0.4) is 0 Å². The summed E-state index contributed by atoms with van der Waals surface area (Å²) in [6, 6.07) is 1.38. The molecule has 1 amide bonds. The fourth-order valence-electron chi connectivity index (χ4n) is 3.32. The summed E-state index contributed by atoms with van der Waals surface area (Å²) >= 11 is 0. The monoisotopic (exact) mass is 252 g/mol. The molecule has 0 atom stereocenters. The molecule has 2 fully saturated rings. The molecule has 1 N–H and O–H groups in total. The molecule has 0 aromatic rings. The van der Waals surface area contributed by atoms with Gasteiger partial charge >= 0.3 is 0 Å². The first-order valence-electron chi connectivity index (χ1n) is 7.77. The van der Waals surface area contributed by atoms with Crippen LogP contribution in [0.25, 0.3) is 0 Å². The molecule has 18 heavy (non-hydrogen) atoms. The highest BCUT2D eigenvalue weighted by Crippen LogP contribution is 2.19. The fraction of sp³-hybridized carbons (Fsp3) is 0.933. The number of likely N-dealkylation sites (tertiary alicyclic amines) is 1. The molecule has 1 saturated heterocycles. The molecule has 1 saturated carbocycles. The van der Waals surface area contributed by atoms with Gasteiger partial charge in [0.15, 0.2) is 0 Å². The third-order valence-electron chi connectivity index (χ3n) is 4.52. The number of amides is 1. The topological polar surface area (TPSA) is 32.3 Å². The van der Waals surface area contributed by atoms with E-state index < -0.39 is 0 Å². The van der Waals surface area contributed by atoms with E-state index in [1.54, 1.807) is 6.92 Å². The van der Waals surface area contributed by atoms with Crippen molar-refractivity contribution in [2.45, 2.75) is 76.8 Å². The molecular formula is C15H28N2O. The molecule has 1 aliphatic carbocycles. The molecule has 0 unspecified atom stereocenters. The molecule has 0 bridgehead atoms. The van der Waals surface area contributed by atoms with Crippen LogP contribution < -0.4 is 5.32 Å². The van der Waals surface area contributed by atoms with Crippen LogP contribution in [-0.2, 0) is 4.79 Å². The Hall–Kier alpha value is -0.570. The maximum absolute atomic E-state index is 11.3. The molecule has 1 heterocycles. The summed E-state index contributed by atoms with van der Waals surface area (Å²) in [6.45, 7) is 3.57. The summed E-state index contributed by atoms with van der Waals surface area (Å²) in [5.41, 5.74) is 0. The number of carbonyl (C=O) groups excluding carboxylic acids is 1. The van der Waals surface area contributed by atoms with Gasteiger partial charge in [0.05, 0.1) is 0 Å². The Morgan fingerprint density at radius 3 is 1.94 bits per heavy atom. The van der Waals surface area contributed by atoms with E-state index in [4.69, 9.17) is 0 Å². The van der Waals surface area contributed by atoms with Crippen molar-refractivity contribution in [3.8, 4) is 0 Å². The van der Waals surface area contributed by atoms with Gasteiger partial charge < -0.3 is 10.2 Å². The van der Waals surface area contributed by atoms with Gasteiger partial charge in [-0.25, -0.2) is 0 Å². The maximum atomic E-state index is 11.3. The van der Waals surface area contributed by atoms with Crippen molar-refractivity contribution in [3.63, 3.8) is 0 Å². The van der Waals surface area contributed by atoms with E-state index in [0.717, 1.165) is 32.0 Å². The predicted molar refractivity (Wildman–Crippen MR) is 74.5 cm³/mol. The van der Waals surface area contributed by atoms with E-state index in [-0.39, 0.29) is 5.91 Å². The molecule has 3 heteroatoms. The zero-order chi connectivity index (χ0) is 12.8. The predicted octanol–water partition coefficient (Wildman–Crippen LogP) is 2.70. The van der Waals surface area contributed by atoms with E-state index in [0.29, 0.717) is 6.04 Å². The van der Waals surface area contributed by atoms with Crippen LogP contribution >= 0.6 is 0 Å². The van der Waals surface area contributed by atoms with Crippen molar-refractivity contribution >= 4 is 5.91 Å². The van der Waals surface area contributed by atoms with E-state index in [1.807, 2.05) is 4.90 Å². The highest BCUT2D eigenvalue weighted by Gasteiger charge is 2.22. The van der Waals surface area contributed by atoms with Crippen LogP contribution in [0.1, 0.15) is 64.7 Å². The molecule has 0 aromatic heterocycles. The minimum atomic E-state index is 0.236. The largest absolute Gasteiger partial charge is 0.343 e. The molecule has 2 rings (SSSR count). The summed E-state index contributed by atoms with van der Waals surface area (Å²) in [6.07, 6.45) is 12.0. The average Bonchev–Trinajstić information content (AvgIpc) is 2.33. The SMILES string of the molecule is CC(=O)N1CCC(NC2CCCCCCC2)CC1. The minimum Gasteiger partial charge on any atom is -0.343 e. The van der Waals surface area contributed by atoms with E-state index >= 15 is 0 Å². The van der Waals surface area contributed by atoms with Crippen LogP contribution in [0.4, 0.5) is 0 Å². The Bertz CT molecular complexity index is 251. The Labute approximate surface area is 111 Å². The second-order valence-corrected chi connectivity index (χ2v) is 5.99. The lowest BCUT2D eigenvalue weighted by Gasteiger charge is -2.34. The lowest BCUT2D eigenvalue weighted by Crippen LogP contribution is -2.47. The van der Waals surface area contributed by atoms with E-state index in [9.17, 15) is 4.79 Å².